The van der Waals surface area contributed by atoms with E-state index < -0.39 is 0 Å². The first-order valence-electron chi connectivity index (χ1n) is 7.21. The van der Waals surface area contributed by atoms with Crippen LogP contribution in [0.15, 0.2) is 45.6 Å². The average molecular weight is 309 g/mol. The Kier molecular flexibility index (Phi) is 2.84. The number of benzene rings is 2. The number of methoxy groups -OCH3 is 2. The summed E-state index contributed by atoms with van der Waals surface area (Å²) in [5, 5.41) is 2.02. The summed E-state index contributed by atoms with van der Waals surface area (Å²) in [6.07, 6.45) is 0. The van der Waals surface area contributed by atoms with Crippen molar-refractivity contribution >= 4 is 33.0 Å². The second-order valence-corrected chi connectivity index (χ2v) is 5.42. The van der Waals surface area contributed by atoms with Gasteiger partial charge in [-0.25, -0.2) is 0 Å². The molecule has 116 valence electrons. The number of nitrogens with zero attached hydrogens (tertiary/aromatic N) is 1. The first-order chi connectivity index (χ1) is 11.1. The zero-order valence-corrected chi connectivity index (χ0v) is 13.0. The van der Waals surface area contributed by atoms with Crippen LogP contribution in [0, 0.1) is 0 Å². The molecule has 5 heteroatoms. The van der Waals surface area contributed by atoms with E-state index in [9.17, 15) is 4.79 Å². The van der Waals surface area contributed by atoms with Crippen LogP contribution in [-0.2, 0) is 7.05 Å². The van der Waals surface area contributed by atoms with E-state index in [0.717, 1.165) is 10.9 Å². The van der Waals surface area contributed by atoms with E-state index in [1.807, 2.05) is 29.8 Å². The number of rotatable bonds is 2. The maximum atomic E-state index is 12.9. The summed E-state index contributed by atoms with van der Waals surface area (Å²) in [5.74, 6) is 1.39. The Morgan fingerprint density at radius 3 is 2.30 bits per heavy atom. The second-order valence-electron chi connectivity index (χ2n) is 5.42. The molecule has 0 spiro atoms. The molecule has 5 nitrogen and oxygen atoms in total. The number of ether oxygens (including phenoxy) is 2. The smallest absolute Gasteiger partial charge is 0.212 e. The number of furan rings is 1. The second kappa shape index (κ2) is 4.78. The van der Waals surface area contributed by atoms with Gasteiger partial charge in [-0.15, -0.1) is 0 Å². The maximum Gasteiger partial charge on any atom is 0.212 e. The Morgan fingerprint density at radius 2 is 1.61 bits per heavy atom. The van der Waals surface area contributed by atoms with Gasteiger partial charge < -0.3 is 18.5 Å². The lowest BCUT2D eigenvalue weighted by molar-refractivity contribution is 0.414. The number of pyridine rings is 1. The SMILES string of the molecule is COc1ccc2c(c1)oc1c2c(=O)c2ccc(OC)cc2n1C. The third-order valence-corrected chi connectivity index (χ3v) is 4.22. The molecule has 0 unspecified atom stereocenters. The number of aryl methyl sites for hydroxylation is 1. The zero-order chi connectivity index (χ0) is 16.1. The molecular formula is C18H15NO4. The van der Waals surface area contributed by atoms with E-state index in [1.165, 1.54) is 0 Å². The van der Waals surface area contributed by atoms with Crippen molar-refractivity contribution in [1.29, 1.82) is 0 Å². The van der Waals surface area contributed by atoms with Gasteiger partial charge >= 0.3 is 0 Å². The molecule has 0 radical (unpaired) electrons. The highest BCUT2D eigenvalue weighted by atomic mass is 16.5. The Labute approximate surface area is 131 Å². The first-order valence-corrected chi connectivity index (χ1v) is 7.21. The number of fused-ring (bicyclic) bond motifs is 4. The summed E-state index contributed by atoms with van der Waals surface area (Å²) >= 11 is 0. The molecule has 0 fully saturated rings. The molecule has 2 aromatic carbocycles. The molecule has 0 N–H and O–H groups in total. The van der Waals surface area contributed by atoms with Crippen LogP contribution in [0.25, 0.3) is 33.0 Å². The minimum Gasteiger partial charge on any atom is -0.497 e. The first kappa shape index (κ1) is 13.7. The lowest BCUT2D eigenvalue weighted by Gasteiger charge is -2.07. The summed E-state index contributed by atoms with van der Waals surface area (Å²) in [7, 11) is 5.08. The summed E-state index contributed by atoms with van der Waals surface area (Å²) in [6, 6.07) is 10.9. The van der Waals surface area contributed by atoms with Gasteiger partial charge in [-0.1, -0.05) is 0 Å². The van der Waals surface area contributed by atoms with Crippen molar-refractivity contribution in [3.63, 3.8) is 0 Å². The molecule has 0 atom stereocenters. The van der Waals surface area contributed by atoms with Crippen LogP contribution < -0.4 is 14.9 Å². The van der Waals surface area contributed by atoms with Gasteiger partial charge in [0.2, 0.25) is 11.1 Å². The molecule has 0 aliphatic rings. The molecule has 2 aromatic heterocycles. The quantitative estimate of drug-likeness (QED) is 0.569. The fourth-order valence-corrected chi connectivity index (χ4v) is 3.00. The van der Waals surface area contributed by atoms with E-state index >= 15 is 0 Å². The molecule has 0 aliphatic heterocycles. The lowest BCUT2D eigenvalue weighted by atomic mass is 10.1. The van der Waals surface area contributed by atoms with Crippen molar-refractivity contribution < 1.29 is 13.9 Å². The summed E-state index contributed by atoms with van der Waals surface area (Å²) < 4.78 is 18.3. The van der Waals surface area contributed by atoms with Crippen LogP contribution in [0.4, 0.5) is 0 Å². The van der Waals surface area contributed by atoms with E-state index in [2.05, 4.69) is 0 Å². The Bertz CT molecular complexity index is 1120. The van der Waals surface area contributed by atoms with Gasteiger partial charge in [-0.3, -0.25) is 4.79 Å². The Balaban J connectivity index is 2.22. The Hall–Kier alpha value is -2.95. The maximum absolute atomic E-state index is 12.9. The third kappa shape index (κ3) is 1.83. The number of hydrogen-bond donors (Lipinski definition) is 0. The van der Waals surface area contributed by atoms with E-state index in [-0.39, 0.29) is 5.43 Å². The summed E-state index contributed by atoms with van der Waals surface area (Å²) in [4.78, 5) is 12.9. The van der Waals surface area contributed by atoms with Gasteiger partial charge in [0.25, 0.3) is 0 Å². The fraction of sp³-hybridized carbons (Fsp3) is 0.167. The van der Waals surface area contributed by atoms with Crippen LogP contribution in [0.2, 0.25) is 0 Å². The van der Waals surface area contributed by atoms with Crippen LogP contribution in [-0.4, -0.2) is 18.8 Å². The van der Waals surface area contributed by atoms with E-state index in [0.29, 0.717) is 33.6 Å². The predicted molar refractivity (Wildman–Crippen MR) is 89.6 cm³/mol. The van der Waals surface area contributed by atoms with Crippen molar-refractivity contribution in [3.05, 3.63) is 46.6 Å². The summed E-state index contributed by atoms with van der Waals surface area (Å²) in [5.41, 5.74) is 1.90. The van der Waals surface area contributed by atoms with Crippen LogP contribution in [0.3, 0.4) is 0 Å². The van der Waals surface area contributed by atoms with Crippen molar-refractivity contribution in [2.45, 2.75) is 0 Å². The largest absolute Gasteiger partial charge is 0.497 e. The molecule has 0 bridgehead atoms. The third-order valence-electron chi connectivity index (χ3n) is 4.22. The number of aromatic nitrogens is 1. The predicted octanol–water partition coefficient (Wildman–Crippen LogP) is 3.46. The average Bonchev–Trinajstić information content (AvgIpc) is 2.98. The molecule has 0 saturated heterocycles. The normalized spacial score (nSPS) is 11.4. The van der Waals surface area contributed by atoms with Crippen LogP contribution >= 0.6 is 0 Å². The lowest BCUT2D eigenvalue weighted by Crippen LogP contribution is -2.07. The molecule has 0 amide bonds. The van der Waals surface area contributed by atoms with Gasteiger partial charge in [0.05, 0.1) is 25.1 Å². The molecular weight excluding hydrogens is 294 g/mol. The monoisotopic (exact) mass is 309 g/mol. The van der Waals surface area contributed by atoms with Gasteiger partial charge in [-0.05, 0) is 24.3 Å². The molecule has 4 rings (SSSR count). The molecule has 0 saturated carbocycles. The van der Waals surface area contributed by atoms with Crippen molar-refractivity contribution in [2.75, 3.05) is 14.2 Å². The highest BCUT2D eigenvalue weighted by Gasteiger charge is 2.17. The molecule has 0 aliphatic carbocycles. The van der Waals surface area contributed by atoms with E-state index in [1.54, 1.807) is 32.4 Å². The zero-order valence-electron chi connectivity index (χ0n) is 13.0. The van der Waals surface area contributed by atoms with Crippen molar-refractivity contribution in [1.82, 2.24) is 4.57 Å². The summed E-state index contributed by atoms with van der Waals surface area (Å²) in [6.45, 7) is 0. The van der Waals surface area contributed by atoms with Crippen molar-refractivity contribution in [3.8, 4) is 11.5 Å². The number of hydrogen-bond acceptors (Lipinski definition) is 4. The topological polar surface area (TPSA) is 53.6 Å². The minimum absolute atomic E-state index is 0.0420. The van der Waals surface area contributed by atoms with Crippen molar-refractivity contribution in [2.24, 2.45) is 7.05 Å². The van der Waals surface area contributed by atoms with Crippen LogP contribution in [0.5, 0.6) is 11.5 Å². The highest BCUT2D eigenvalue weighted by molar-refractivity contribution is 6.08. The molecule has 23 heavy (non-hydrogen) atoms. The fourth-order valence-electron chi connectivity index (χ4n) is 3.00. The van der Waals surface area contributed by atoms with E-state index in [4.69, 9.17) is 13.9 Å². The molecule has 4 aromatic rings. The van der Waals surface area contributed by atoms with Gasteiger partial charge in [0, 0.05) is 30.0 Å². The standard InChI is InChI=1S/C18H15NO4/c1-19-14-8-10(21-2)4-6-12(14)17(20)16-13-7-5-11(22-3)9-15(13)23-18(16)19/h4-9H,1-3H3. The van der Waals surface area contributed by atoms with Crippen LogP contribution in [0.1, 0.15) is 0 Å². The van der Waals surface area contributed by atoms with Gasteiger partial charge in [0.15, 0.2) is 0 Å². The Morgan fingerprint density at radius 1 is 0.957 bits per heavy atom. The molecule has 2 heterocycles. The van der Waals surface area contributed by atoms with Gasteiger partial charge in [0.1, 0.15) is 17.1 Å². The highest BCUT2D eigenvalue weighted by Crippen LogP contribution is 2.31. The minimum atomic E-state index is -0.0420. The van der Waals surface area contributed by atoms with Gasteiger partial charge in [-0.2, -0.15) is 0 Å².